The molecule has 0 bridgehead atoms. The van der Waals surface area contributed by atoms with Gasteiger partial charge in [-0.05, 0) is 18.3 Å². The average molecular weight is 236 g/mol. The van der Waals surface area contributed by atoms with Gasteiger partial charge in [0.2, 0.25) is 12.2 Å². The molecule has 0 radical (unpaired) electrons. The summed E-state index contributed by atoms with van der Waals surface area (Å²) in [6.45, 7) is 6.24. The van der Waals surface area contributed by atoms with Gasteiger partial charge in [-0.15, -0.1) is 0 Å². The third-order valence-corrected chi connectivity index (χ3v) is 4.10. The highest BCUT2D eigenvalue weighted by Crippen LogP contribution is 2.40. The number of hydrogen-bond acceptors (Lipinski definition) is 4. The molecule has 4 unspecified atom stereocenters. The Kier molecular flexibility index (Phi) is 5.27. The summed E-state index contributed by atoms with van der Waals surface area (Å²) in [5.74, 6) is 0.908. The van der Waals surface area contributed by atoms with Crippen molar-refractivity contribution in [2.24, 2.45) is 27.7 Å². The van der Waals surface area contributed by atoms with E-state index >= 15 is 0 Å². The van der Waals surface area contributed by atoms with Crippen molar-refractivity contribution in [3.63, 3.8) is 0 Å². The van der Waals surface area contributed by atoms with Crippen molar-refractivity contribution in [2.75, 3.05) is 0 Å². The van der Waals surface area contributed by atoms with Crippen molar-refractivity contribution in [3.8, 4) is 0 Å². The molecule has 4 atom stereocenters. The van der Waals surface area contributed by atoms with E-state index in [1.54, 1.807) is 12.2 Å². The molecular weight excluding hydrogens is 216 g/mol. The standard InChI is InChI=1S/C13H20N2O2/c1-4-10-6-11(5-2)13(15-8-17)9(3)12(10)14-7-16/h9-13H,4-6H2,1-3H3. The lowest BCUT2D eigenvalue weighted by molar-refractivity contribution is 0.137. The Hall–Kier alpha value is -1.24. The molecule has 1 aliphatic rings. The third-order valence-electron chi connectivity index (χ3n) is 4.10. The molecule has 1 aliphatic carbocycles. The highest BCUT2D eigenvalue weighted by atomic mass is 16.1. The van der Waals surface area contributed by atoms with Gasteiger partial charge < -0.3 is 0 Å². The van der Waals surface area contributed by atoms with Gasteiger partial charge in [-0.2, -0.15) is 0 Å². The molecule has 1 rings (SSSR count). The second-order valence-electron chi connectivity index (χ2n) is 4.85. The first-order chi connectivity index (χ1) is 8.19. The minimum Gasteiger partial charge on any atom is -0.211 e. The lowest BCUT2D eigenvalue weighted by Crippen LogP contribution is -2.43. The predicted molar refractivity (Wildman–Crippen MR) is 65.2 cm³/mol. The van der Waals surface area contributed by atoms with Gasteiger partial charge in [0.1, 0.15) is 0 Å². The molecule has 17 heavy (non-hydrogen) atoms. The molecule has 0 aliphatic heterocycles. The maximum absolute atomic E-state index is 10.5. The molecule has 0 N–H and O–H groups in total. The van der Waals surface area contributed by atoms with Crippen molar-refractivity contribution in [1.29, 1.82) is 0 Å². The van der Waals surface area contributed by atoms with E-state index < -0.39 is 0 Å². The molecule has 0 amide bonds. The molecule has 4 heteroatoms. The largest absolute Gasteiger partial charge is 0.235 e. The van der Waals surface area contributed by atoms with Gasteiger partial charge in [-0.25, -0.2) is 19.6 Å². The van der Waals surface area contributed by atoms with Crippen LogP contribution in [0.4, 0.5) is 0 Å². The van der Waals surface area contributed by atoms with E-state index in [4.69, 9.17) is 0 Å². The summed E-state index contributed by atoms with van der Waals surface area (Å²) < 4.78 is 0. The van der Waals surface area contributed by atoms with E-state index in [1.165, 1.54) is 0 Å². The number of hydrogen-bond donors (Lipinski definition) is 0. The number of carbonyl (C=O) groups excluding carboxylic acids is 2. The summed E-state index contributed by atoms with van der Waals surface area (Å²) in [7, 11) is 0. The van der Waals surface area contributed by atoms with Crippen LogP contribution in [0.1, 0.15) is 40.0 Å². The summed E-state index contributed by atoms with van der Waals surface area (Å²) in [5, 5.41) is 0. The molecule has 0 heterocycles. The Morgan fingerprint density at radius 2 is 1.41 bits per heavy atom. The molecule has 0 spiro atoms. The smallest absolute Gasteiger partial charge is 0.211 e. The van der Waals surface area contributed by atoms with Gasteiger partial charge in [0.25, 0.3) is 0 Å². The zero-order chi connectivity index (χ0) is 12.8. The average Bonchev–Trinajstić information content (AvgIpc) is 2.34. The summed E-state index contributed by atoms with van der Waals surface area (Å²) in [6.07, 6.45) is 6.29. The SMILES string of the molecule is CCC1CC(CC)C(N=C=O)C(C)C1N=C=O. The molecule has 1 saturated carbocycles. The van der Waals surface area contributed by atoms with Crippen LogP contribution in [0.5, 0.6) is 0 Å². The van der Waals surface area contributed by atoms with Crippen molar-refractivity contribution in [3.05, 3.63) is 0 Å². The maximum atomic E-state index is 10.5. The van der Waals surface area contributed by atoms with Crippen LogP contribution in [0, 0.1) is 17.8 Å². The molecule has 0 aromatic rings. The minimum absolute atomic E-state index is 0.0533. The number of aliphatic imine (C=N–C) groups is 2. The molecule has 0 saturated heterocycles. The third kappa shape index (κ3) is 2.91. The maximum Gasteiger partial charge on any atom is 0.235 e. The van der Waals surface area contributed by atoms with Crippen LogP contribution in [0.25, 0.3) is 0 Å². The van der Waals surface area contributed by atoms with Gasteiger partial charge in [0.05, 0.1) is 12.1 Å². The fourth-order valence-corrected chi connectivity index (χ4v) is 3.11. The number of rotatable bonds is 4. The Morgan fingerprint density at radius 1 is 1.00 bits per heavy atom. The van der Waals surface area contributed by atoms with E-state index in [0.29, 0.717) is 11.8 Å². The van der Waals surface area contributed by atoms with E-state index in [0.717, 1.165) is 19.3 Å². The van der Waals surface area contributed by atoms with Crippen LogP contribution in [-0.2, 0) is 9.59 Å². The number of nitrogens with zero attached hydrogens (tertiary/aromatic N) is 2. The number of isocyanates is 2. The van der Waals surface area contributed by atoms with Crippen LogP contribution in [-0.4, -0.2) is 24.2 Å². The first-order valence-corrected chi connectivity index (χ1v) is 6.33. The van der Waals surface area contributed by atoms with Crippen LogP contribution >= 0.6 is 0 Å². The Labute approximate surface area is 102 Å². The van der Waals surface area contributed by atoms with Crippen LogP contribution in [0.15, 0.2) is 9.98 Å². The van der Waals surface area contributed by atoms with Crippen LogP contribution in [0.2, 0.25) is 0 Å². The van der Waals surface area contributed by atoms with E-state index in [2.05, 4.69) is 23.8 Å². The topological polar surface area (TPSA) is 58.9 Å². The predicted octanol–water partition coefficient (Wildman–Crippen LogP) is 2.49. The molecule has 4 nitrogen and oxygen atoms in total. The van der Waals surface area contributed by atoms with Crippen LogP contribution < -0.4 is 0 Å². The van der Waals surface area contributed by atoms with Crippen molar-refractivity contribution < 1.29 is 9.59 Å². The second-order valence-corrected chi connectivity index (χ2v) is 4.85. The molecule has 94 valence electrons. The van der Waals surface area contributed by atoms with Crippen LogP contribution in [0.3, 0.4) is 0 Å². The quantitative estimate of drug-likeness (QED) is 0.556. The van der Waals surface area contributed by atoms with E-state index in [9.17, 15) is 9.59 Å². The fourth-order valence-electron chi connectivity index (χ4n) is 3.11. The zero-order valence-electron chi connectivity index (χ0n) is 10.7. The molecular formula is C13H20N2O2. The lowest BCUT2D eigenvalue weighted by atomic mass is 9.68. The highest BCUT2D eigenvalue weighted by Gasteiger charge is 2.41. The summed E-state index contributed by atoms with van der Waals surface area (Å²) >= 11 is 0. The van der Waals surface area contributed by atoms with Gasteiger partial charge in [0, 0.05) is 5.92 Å². The lowest BCUT2D eigenvalue weighted by Gasteiger charge is -2.41. The summed E-state index contributed by atoms with van der Waals surface area (Å²) in [6, 6.07) is -0.107. The Balaban J connectivity index is 3.00. The van der Waals surface area contributed by atoms with Crippen molar-refractivity contribution in [2.45, 2.75) is 52.1 Å². The first kappa shape index (κ1) is 13.8. The van der Waals surface area contributed by atoms with Gasteiger partial charge in [-0.1, -0.05) is 33.6 Å². The minimum atomic E-state index is -0.0533. The van der Waals surface area contributed by atoms with E-state index in [1.807, 2.05) is 6.92 Å². The van der Waals surface area contributed by atoms with Gasteiger partial charge in [-0.3, -0.25) is 0 Å². The monoisotopic (exact) mass is 236 g/mol. The first-order valence-electron chi connectivity index (χ1n) is 6.33. The summed E-state index contributed by atoms with van der Waals surface area (Å²) in [5.41, 5.74) is 0. The molecule has 1 fully saturated rings. The molecule has 0 aromatic carbocycles. The van der Waals surface area contributed by atoms with Crippen molar-refractivity contribution >= 4 is 12.2 Å². The van der Waals surface area contributed by atoms with Crippen molar-refractivity contribution in [1.82, 2.24) is 0 Å². The molecule has 0 aromatic heterocycles. The summed E-state index contributed by atoms with van der Waals surface area (Å²) in [4.78, 5) is 28.8. The zero-order valence-corrected chi connectivity index (χ0v) is 10.7. The van der Waals surface area contributed by atoms with Gasteiger partial charge >= 0.3 is 0 Å². The van der Waals surface area contributed by atoms with Gasteiger partial charge in [0.15, 0.2) is 0 Å². The Morgan fingerprint density at radius 3 is 1.71 bits per heavy atom. The highest BCUT2D eigenvalue weighted by molar-refractivity contribution is 5.35. The van der Waals surface area contributed by atoms with E-state index in [-0.39, 0.29) is 18.0 Å². The Bertz CT molecular complexity index is 311. The second kappa shape index (κ2) is 6.48. The normalized spacial score (nSPS) is 36.8. The fraction of sp³-hybridized carbons (Fsp3) is 0.846.